The summed E-state index contributed by atoms with van der Waals surface area (Å²) < 4.78 is 10.8. The maximum Gasteiger partial charge on any atom is 0.119 e. The minimum absolute atomic E-state index is 0.669. The van der Waals surface area contributed by atoms with Crippen molar-refractivity contribution in [2.45, 2.75) is 6.42 Å². The van der Waals surface area contributed by atoms with E-state index in [1.807, 2.05) is 36.4 Å². The highest BCUT2D eigenvalue weighted by molar-refractivity contribution is 5.29. The van der Waals surface area contributed by atoms with Gasteiger partial charge in [0.2, 0.25) is 0 Å². The van der Waals surface area contributed by atoms with Gasteiger partial charge in [-0.15, -0.1) is 0 Å². The molecule has 0 amide bonds. The Bertz CT molecular complexity index is 471. The van der Waals surface area contributed by atoms with Crippen molar-refractivity contribution >= 4 is 0 Å². The van der Waals surface area contributed by atoms with E-state index in [0.29, 0.717) is 6.61 Å². The van der Waals surface area contributed by atoms with Crippen LogP contribution in [-0.2, 0) is 6.42 Å². The van der Waals surface area contributed by atoms with Gasteiger partial charge < -0.3 is 9.47 Å². The summed E-state index contributed by atoms with van der Waals surface area (Å²) in [6.07, 6.45) is 0.885. The molecule has 0 aromatic heterocycles. The van der Waals surface area contributed by atoms with Gasteiger partial charge in [0.15, 0.2) is 0 Å². The highest BCUT2D eigenvalue weighted by Crippen LogP contribution is 2.14. The average Bonchev–Trinajstić information content (AvgIpc) is 2.42. The van der Waals surface area contributed by atoms with E-state index in [-0.39, 0.29) is 0 Å². The molecule has 2 heteroatoms. The van der Waals surface area contributed by atoms with Crippen molar-refractivity contribution in [3.63, 3.8) is 0 Å². The van der Waals surface area contributed by atoms with E-state index in [9.17, 15) is 0 Å². The predicted molar refractivity (Wildman–Crippen MR) is 73.1 cm³/mol. The fraction of sp³-hybridized carbons (Fsp3) is 0.188. The van der Waals surface area contributed by atoms with Crippen LogP contribution in [0.15, 0.2) is 48.5 Å². The first-order valence-electron chi connectivity index (χ1n) is 5.96. The third-order valence-electron chi connectivity index (χ3n) is 2.74. The molecule has 0 fully saturated rings. The van der Waals surface area contributed by atoms with Crippen LogP contribution < -0.4 is 9.47 Å². The Morgan fingerprint density at radius 2 is 1.50 bits per heavy atom. The van der Waals surface area contributed by atoms with E-state index < -0.39 is 0 Å². The van der Waals surface area contributed by atoms with Crippen molar-refractivity contribution in [3.8, 4) is 11.5 Å². The Morgan fingerprint density at radius 1 is 0.889 bits per heavy atom. The maximum atomic E-state index is 5.66. The zero-order chi connectivity index (χ0) is 12.8. The Balaban J connectivity index is 1.82. The predicted octanol–water partition coefficient (Wildman–Crippen LogP) is 3.50. The lowest BCUT2D eigenvalue weighted by Crippen LogP contribution is -2.01. The molecule has 0 bridgehead atoms. The molecule has 2 aromatic carbocycles. The second-order valence-corrected chi connectivity index (χ2v) is 4.09. The standard InChI is InChI=1S/C16H17O2/c1-13-3-7-16(8-4-13)18-12-11-14-5-9-15(17-2)10-6-14/h3-10H,1,11-12H2,2H3. The summed E-state index contributed by atoms with van der Waals surface area (Å²) in [7, 11) is 1.67. The Hall–Kier alpha value is -1.96. The minimum Gasteiger partial charge on any atom is -0.497 e. The first-order valence-corrected chi connectivity index (χ1v) is 5.96. The van der Waals surface area contributed by atoms with Gasteiger partial charge in [-0.05, 0) is 42.3 Å². The molecule has 2 rings (SSSR count). The molecule has 0 spiro atoms. The van der Waals surface area contributed by atoms with Crippen LogP contribution in [0.3, 0.4) is 0 Å². The summed E-state index contributed by atoms with van der Waals surface area (Å²) in [6.45, 7) is 4.51. The summed E-state index contributed by atoms with van der Waals surface area (Å²) in [5.74, 6) is 1.77. The van der Waals surface area contributed by atoms with Crippen LogP contribution in [-0.4, -0.2) is 13.7 Å². The fourth-order valence-electron chi connectivity index (χ4n) is 1.66. The summed E-state index contributed by atoms with van der Waals surface area (Å²) in [5, 5.41) is 0. The third kappa shape index (κ3) is 3.52. The molecule has 2 aromatic rings. The van der Waals surface area contributed by atoms with Crippen LogP contribution in [0.5, 0.6) is 11.5 Å². The van der Waals surface area contributed by atoms with Crippen molar-refractivity contribution in [1.29, 1.82) is 0 Å². The number of hydrogen-bond acceptors (Lipinski definition) is 2. The molecule has 1 radical (unpaired) electrons. The highest BCUT2D eigenvalue weighted by atomic mass is 16.5. The number of ether oxygens (including phenoxy) is 2. The maximum absolute atomic E-state index is 5.66. The van der Waals surface area contributed by atoms with Gasteiger partial charge >= 0.3 is 0 Å². The summed E-state index contributed by atoms with van der Waals surface area (Å²) in [5.41, 5.74) is 2.24. The monoisotopic (exact) mass is 241 g/mol. The Kier molecular flexibility index (Phi) is 4.24. The number of rotatable bonds is 5. The fourth-order valence-corrected chi connectivity index (χ4v) is 1.66. The topological polar surface area (TPSA) is 18.5 Å². The molecular weight excluding hydrogens is 224 g/mol. The second kappa shape index (κ2) is 6.10. The lowest BCUT2D eigenvalue weighted by Gasteiger charge is -2.07. The number of methoxy groups -OCH3 is 1. The van der Waals surface area contributed by atoms with Gasteiger partial charge in [-0.2, -0.15) is 0 Å². The third-order valence-corrected chi connectivity index (χ3v) is 2.74. The number of hydrogen-bond donors (Lipinski definition) is 0. The van der Waals surface area contributed by atoms with E-state index in [4.69, 9.17) is 9.47 Å². The summed E-state index contributed by atoms with van der Waals surface area (Å²) in [6, 6.07) is 15.8. The second-order valence-electron chi connectivity index (χ2n) is 4.09. The molecule has 0 unspecified atom stereocenters. The van der Waals surface area contributed by atoms with Crippen molar-refractivity contribution in [2.75, 3.05) is 13.7 Å². The molecule has 0 heterocycles. The van der Waals surface area contributed by atoms with Gasteiger partial charge in [0.1, 0.15) is 11.5 Å². The van der Waals surface area contributed by atoms with Gasteiger partial charge in [0.05, 0.1) is 13.7 Å². The van der Waals surface area contributed by atoms with Crippen molar-refractivity contribution in [1.82, 2.24) is 0 Å². The molecular formula is C16H17O2. The van der Waals surface area contributed by atoms with E-state index in [2.05, 4.69) is 19.1 Å². The van der Waals surface area contributed by atoms with E-state index in [1.54, 1.807) is 7.11 Å². The number of benzene rings is 2. The Morgan fingerprint density at radius 3 is 2.11 bits per heavy atom. The quantitative estimate of drug-likeness (QED) is 0.797. The van der Waals surface area contributed by atoms with E-state index in [1.165, 1.54) is 5.56 Å². The molecule has 0 saturated carbocycles. The zero-order valence-corrected chi connectivity index (χ0v) is 10.6. The van der Waals surface area contributed by atoms with E-state index >= 15 is 0 Å². The van der Waals surface area contributed by atoms with Crippen LogP contribution >= 0.6 is 0 Å². The van der Waals surface area contributed by atoms with Crippen LogP contribution in [0.4, 0.5) is 0 Å². The molecule has 0 atom stereocenters. The minimum atomic E-state index is 0.669. The molecule has 0 aliphatic rings. The molecule has 0 N–H and O–H groups in total. The summed E-state index contributed by atoms with van der Waals surface area (Å²) >= 11 is 0. The first-order chi connectivity index (χ1) is 8.78. The molecule has 2 nitrogen and oxygen atoms in total. The van der Waals surface area contributed by atoms with Gasteiger partial charge in [-0.1, -0.05) is 24.3 Å². The average molecular weight is 241 g/mol. The van der Waals surface area contributed by atoms with Crippen molar-refractivity contribution < 1.29 is 9.47 Å². The van der Waals surface area contributed by atoms with E-state index in [0.717, 1.165) is 23.5 Å². The zero-order valence-electron chi connectivity index (χ0n) is 10.6. The van der Waals surface area contributed by atoms with Crippen LogP contribution in [0, 0.1) is 6.92 Å². The van der Waals surface area contributed by atoms with Crippen LogP contribution in [0.2, 0.25) is 0 Å². The van der Waals surface area contributed by atoms with Gasteiger partial charge in [0.25, 0.3) is 0 Å². The van der Waals surface area contributed by atoms with Gasteiger partial charge in [-0.25, -0.2) is 0 Å². The molecule has 0 aliphatic carbocycles. The molecule has 93 valence electrons. The van der Waals surface area contributed by atoms with Crippen LogP contribution in [0.1, 0.15) is 11.1 Å². The van der Waals surface area contributed by atoms with Gasteiger partial charge in [-0.3, -0.25) is 0 Å². The molecule has 0 aliphatic heterocycles. The normalized spacial score (nSPS) is 10.1. The summed E-state index contributed by atoms with van der Waals surface area (Å²) in [4.78, 5) is 0. The molecule has 0 saturated heterocycles. The SMILES string of the molecule is [CH2]c1ccc(OCCc2ccc(OC)cc2)cc1. The lowest BCUT2D eigenvalue weighted by atomic mass is 10.1. The largest absolute Gasteiger partial charge is 0.497 e. The first kappa shape index (κ1) is 12.5. The van der Waals surface area contributed by atoms with Gasteiger partial charge in [0, 0.05) is 6.42 Å². The molecule has 18 heavy (non-hydrogen) atoms. The highest BCUT2D eigenvalue weighted by Gasteiger charge is 1.96. The van der Waals surface area contributed by atoms with Crippen molar-refractivity contribution in [3.05, 3.63) is 66.6 Å². The smallest absolute Gasteiger partial charge is 0.119 e. The van der Waals surface area contributed by atoms with Crippen LogP contribution in [0.25, 0.3) is 0 Å². The van der Waals surface area contributed by atoms with Crippen molar-refractivity contribution in [2.24, 2.45) is 0 Å². The Labute approximate surface area is 108 Å². The lowest BCUT2D eigenvalue weighted by molar-refractivity contribution is 0.322.